The van der Waals surface area contributed by atoms with Gasteiger partial charge in [0, 0.05) is 6.54 Å². The summed E-state index contributed by atoms with van der Waals surface area (Å²) in [6.45, 7) is 1.76. The second-order valence-electron chi connectivity index (χ2n) is 4.60. The first-order valence-corrected chi connectivity index (χ1v) is 7.76. The van der Waals surface area contributed by atoms with Gasteiger partial charge in [-0.25, -0.2) is 17.9 Å². The second kappa shape index (κ2) is 6.07. The van der Waals surface area contributed by atoms with Gasteiger partial charge in [0.25, 0.3) is 0 Å². The summed E-state index contributed by atoms with van der Waals surface area (Å²) in [5.74, 6) is -1.04. The fourth-order valence-electron chi connectivity index (χ4n) is 1.93. The van der Waals surface area contributed by atoms with Gasteiger partial charge in [0.15, 0.2) is 0 Å². The first-order chi connectivity index (χ1) is 9.90. The van der Waals surface area contributed by atoms with E-state index in [-0.39, 0.29) is 17.0 Å². The minimum absolute atomic E-state index is 0.0395. The molecule has 110 valence electrons. The highest BCUT2D eigenvalue weighted by atomic mass is 32.2. The second-order valence-corrected chi connectivity index (χ2v) is 6.33. The third-order valence-corrected chi connectivity index (χ3v) is 4.58. The molecule has 5 nitrogen and oxygen atoms in total. The molecule has 0 aromatic heterocycles. The summed E-state index contributed by atoms with van der Waals surface area (Å²) in [7, 11) is -3.62. The van der Waals surface area contributed by atoms with Crippen LogP contribution in [0.1, 0.15) is 21.5 Å². The monoisotopic (exact) mass is 305 g/mol. The normalized spacial score (nSPS) is 11.3. The number of benzene rings is 2. The van der Waals surface area contributed by atoms with Crippen molar-refractivity contribution in [1.29, 1.82) is 0 Å². The zero-order chi connectivity index (χ0) is 15.5. The maximum atomic E-state index is 12.2. The number of sulfonamides is 1. The van der Waals surface area contributed by atoms with E-state index < -0.39 is 16.0 Å². The maximum Gasteiger partial charge on any atom is 0.335 e. The minimum Gasteiger partial charge on any atom is -0.478 e. The van der Waals surface area contributed by atoms with E-state index in [0.29, 0.717) is 11.1 Å². The average molecular weight is 305 g/mol. The highest BCUT2D eigenvalue weighted by molar-refractivity contribution is 7.89. The van der Waals surface area contributed by atoms with Crippen LogP contribution in [0.4, 0.5) is 0 Å². The molecule has 0 radical (unpaired) electrons. The molecule has 0 amide bonds. The average Bonchev–Trinajstić information content (AvgIpc) is 2.46. The summed E-state index contributed by atoms with van der Waals surface area (Å²) in [5.41, 5.74) is 1.37. The molecule has 0 aliphatic rings. The largest absolute Gasteiger partial charge is 0.478 e. The number of carboxylic acid groups (broad SMARTS) is 1. The van der Waals surface area contributed by atoms with Crippen molar-refractivity contribution < 1.29 is 18.3 Å². The molecule has 2 aromatic rings. The van der Waals surface area contributed by atoms with Crippen LogP contribution in [0, 0.1) is 6.92 Å². The predicted molar refractivity (Wildman–Crippen MR) is 78.6 cm³/mol. The SMILES string of the molecule is Cc1ccccc1S(=O)(=O)NCc1cccc(C(=O)O)c1. The van der Waals surface area contributed by atoms with Gasteiger partial charge in [0.1, 0.15) is 0 Å². The van der Waals surface area contributed by atoms with Crippen molar-refractivity contribution in [3.63, 3.8) is 0 Å². The van der Waals surface area contributed by atoms with Crippen LogP contribution in [-0.4, -0.2) is 19.5 Å². The van der Waals surface area contributed by atoms with Crippen LogP contribution in [0.2, 0.25) is 0 Å². The molecule has 21 heavy (non-hydrogen) atoms. The fraction of sp³-hybridized carbons (Fsp3) is 0.133. The molecule has 2 N–H and O–H groups in total. The minimum atomic E-state index is -3.62. The van der Waals surface area contributed by atoms with E-state index in [9.17, 15) is 13.2 Å². The molecular weight excluding hydrogens is 290 g/mol. The number of carboxylic acids is 1. The molecule has 0 spiro atoms. The van der Waals surface area contributed by atoms with Gasteiger partial charge in [-0.3, -0.25) is 0 Å². The van der Waals surface area contributed by atoms with Crippen molar-refractivity contribution in [2.45, 2.75) is 18.4 Å². The zero-order valence-corrected chi connectivity index (χ0v) is 12.2. The van der Waals surface area contributed by atoms with Gasteiger partial charge >= 0.3 is 5.97 Å². The molecule has 0 saturated heterocycles. The number of aromatic carboxylic acids is 1. The first kappa shape index (κ1) is 15.2. The lowest BCUT2D eigenvalue weighted by Crippen LogP contribution is -2.24. The molecule has 0 bridgehead atoms. The number of rotatable bonds is 5. The topological polar surface area (TPSA) is 83.5 Å². The number of aryl methyl sites for hydroxylation is 1. The van der Waals surface area contributed by atoms with E-state index in [1.54, 1.807) is 37.3 Å². The Morgan fingerprint density at radius 1 is 1.14 bits per heavy atom. The van der Waals surface area contributed by atoms with E-state index in [4.69, 9.17) is 5.11 Å². The van der Waals surface area contributed by atoms with E-state index in [1.165, 1.54) is 18.2 Å². The molecule has 2 rings (SSSR count). The van der Waals surface area contributed by atoms with Crippen molar-refractivity contribution in [2.75, 3.05) is 0 Å². The lowest BCUT2D eigenvalue weighted by atomic mass is 10.1. The van der Waals surface area contributed by atoms with E-state index in [2.05, 4.69) is 4.72 Å². The predicted octanol–water partition coefficient (Wildman–Crippen LogP) is 2.17. The summed E-state index contributed by atoms with van der Waals surface area (Å²) < 4.78 is 26.9. The summed E-state index contributed by atoms with van der Waals surface area (Å²) in [6.07, 6.45) is 0. The quantitative estimate of drug-likeness (QED) is 0.887. The lowest BCUT2D eigenvalue weighted by molar-refractivity contribution is 0.0696. The van der Waals surface area contributed by atoms with Crippen molar-refractivity contribution in [1.82, 2.24) is 4.72 Å². The Labute approximate surface area is 123 Å². The van der Waals surface area contributed by atoms with Gasteiger partial charge in [0.2, 0.25) is 10.0 Å². The summed E-state index contributed by atoms with van der Waals surface area (Å²) in [6, 6.07) is 12.8. The van der Waals surface area contributed by atoms with Crippen molar-refractivity contribution in [3.8, 4) is 0 Å². The van der Waals surface area contributed by atoms with E-state index in [1.807, 2.05) is 0 Å². The fourth-order valence-corrected chi connectivity index (χ4v) is 3.19. The van der Waals surface area contributed by atoms with Crippen molar-refractivity contribution in [2.24, 2.45) is 0 Å². The molecule has 0 saturated carbocycles. The number of hydrogen-bond acceptors (Lipinski definition) is 3. The van der Waals surface area contributed by atoms with Crippen LogP contribution >= 0.6 is 0 Å². The van der Waals surface area contributed by atoms with E-state index >= 15 is 0 Å². The van der Waals surface area contributed by atoms with Crippen molar-refractivity contribution in [3.05, 3.63) is 65.2 Å². The standard InChI is InChI=1S/C15H15NO4S/c1-11-5-2-3-8-14(11)21(19,20)16-10-12-6-4-7-13(9-12)15(17)18/h2-9,16H,10H2,1H3,(H,17,18). The Balaban J connectivity index is 2.18. The van der Waals surface area contributed by atoms with Crippen molar-refractivity contribution >= 4 is 16.0 Å². The van der Waals surface area contributed by atoms with Gasteiger partial charge in [-0.1, -0.05) is 30.3 Å². The molecule has 0 aliphatic carbocycles. The van der Waals surface area contributed by atoms with Gasteiger partial charge in [-0.2, -0.15) is 0 Å². The molecule has 2 aromatic carbocycles. The number of carbonyl (C=O) groups is 1. The summed E-state index contributed by atoms with van der Waals surface area (Å²) >= 11 is 0. The molecule has 0 unspecified atom stereocenters. The van der Waals surface area contributed by atoms with Gasteiger partial charge < -0.3 is 5.11 Å². The summed E-state index contributed by atoms with van der Waals surface area (Å²) in [5, 5.41) is 8.91. The molecule has 0 fully saturated rings. The van der Waals surface area contributed by atoms with Crippen LogP contribution < -0.4 is 4.72 Å². The lowest BCUT2D eigenvalue weighted by Gasteiger charge is -2.09. The third-order valence-electron chi connectivity index (χ3n) is 3.02. The molecule has 6 heteroatoms. The molecule has 0 aliphatic heterocycles. The number of hydrogen-bond donors (Lipinski definition) is 2. The molecule has 0 atom stereocenters. The summed E-state index contributed by atoms with van der Waals surface area (Å²) in [4.78, 5) is 11.1. The van der Waals surface area contributed by atoms with Crippen LogP contribution in [-0.2, 0) is 16.6 Å². The van der Waals surface area contributed by atoms with Gasteiger partial charge in [-0.05, 0) is 36.2 Å². The highest BCUT2D eigenvalue weighted by Crippen LogP contribution is 2.14. The molecular formula is C15H15NO4S. The Morgan fingerprint density at radius 3 is 2.52 bits per heavy atom. The van der Waals surface area contributed by atoms with Gasteiger partial charge in [0.05, 0.1) is 10.5 Å². The van der Waals surface area contributed by atoms with Gasteiger partial charge in [-0.15, -0.1) is 0 Å². The third kappa shape index (κ3) is 3.68. The Kier molecular flexibility index (Phi) is 4.40. The van der Waals surface area contributed by atoms with Crippen LogP contribution in [0.25, 0.3) is 0 Å². The number of nitrogens with one attached hydrogen (secondary N) is 1. The van der Waals surface area contributed by atoms with Crippen LogP contribution in [0.5, 0.6) is 0 Å². The smallest absolute Gasteiger partial charge is 0.335 e. The van der Waals surface area contributed by atoms with E-state index in [0.717, 1.165) is 0 Å². The van der Waals surface area contributed by atoms with Crippen LogP contribution in [0.15, 0.2) is 53.4 Å². The molecule has 0 heterocycles. The highest BCUT2D eigenvalue weighted by Gasteiger charge is 2.15. The Hall–Kier alpha value is -2.18. The Bertz CT molecular complexity index is 769. The first-order valence-electron chi connectivity index (χ1n) is 6.28. The Morgan fingerprint density at radius 2 is 1.86 bits per heavy atom. The maximum absolute atomic E-state index is 12.2. The zero-order valence-electron chi connectivity index (χ0n) is 11.4. The van der Waals surface area contributed by atoms with Crippen LogP contribution in [0.3, 0.4) is 0 Å².